The molecule has 0 aromatic heterocycles. The van der Waals surface area contributed by atoms with Crippen LogP contribution in [0, 0.1) is 17.3 Å². The van der Waals surface area contributed by atoms with E-state index in [4.69, 9.17) is 11.6 Å². The third-order valence-corrected chi connectivity index (χ3v) is 6.40. The van der Waals surface area contributed by atoms with Crippen molar-refractivity contribution in [2.24, 2.45) is 17.3 Å². The standard InChI is InChI=1S/C18H21ClO/c19-11-16(20)18-9-13-6-14(10-18)8-17(7-13,12-18)15-4-2-1-3-5-15/h1-5,13-14H,6-12H2. The van der Waals surface area contributed by atoms with Gasteiger partial charge in [-0.05, 0) is 61.3 Å². The van der Waals surface area contributed by atoms with Crippen LogP contribution in [0.4, 0.5) is 0 Å². The number of hydrogen-bond donors (Lipinski definition) is 0. The van der Waals surface area contributed by atoms with Crippen LogP contribution in [0.3, 0.4) is 0 Å². The molecule has 0 radical (unpaired) electrons. The molecule has 4 aliphatic carbocycles. The number of alkyl halides is 1. The summed E-state index contributed by atoms with van der Waals surface area (Å²) in [5.41, 5.74) is 1.62. The van der Waals surface area contributed by atoms with Crippen molar-refractivity contribution in [2.45, 2.75) is 43.9 Å². The van der Waals surface area contributed by atoms with Crippen molar-refractivity contribution < 1.29 is 4.79 Å². The summed E-state index contributed by atoms with van der Waals surface area (Å²) >= 11 is 5.93. The molecule has 0 N–H and O–H groups in total. The first kappa shape index (κ1) is 12.9. The predicted octanol–water partition coefficient (Wildman–Crippen LogP) is 4.33. The minimum atomic E-state index is -0.0956. The fourth-order valence-electron chi connectivity index (χ4n) is 5.86. The van der Waals surface area contributed by atoms with Gasteiger partial charge in [-0.1, -0.05) is 30.3 Å². The second-order valence-corrected chi connectivity index (χ2v) is 7.71. The maximum Gasteiger partial charge on any atom is 0.153 e. The summed E-state index contributed by atoms with van der Waals surface area (Å²) in [4.78, 5) is 12.5. The zero-order valence-corrected chi connectivity index (χ0v) is 12.5. The number of Topliss-reactive ketones (excluding diaryl/α,β-unsaturated/α-hetero) is 1. The predicted molar refractivity (Wildman–Crippen MR) is 81.0 cm³/mol. The number of halogens is 1. The maximum absolute atomic E-state index is 12.5. The van der Waals surface area contributed by atoms with Crippen molar-refractivity contribution in [3.8, 4) is 0 Å². The molecule has 1 aromatic carbocycles. The van der Waals surface area contributed by atoms with Gasteiger partial charge < -0.3 is 0 Å². The molecule has 4 fully saturated rings. The fraction of sp³-hybridized carbons (Fsp3) is 0.611. The lowest BCUT2D eigenvalue weighted by molar-refractivity contribution is -0.144. The van der Waals surface area contributed by atoms with Crippen LogP contribution in [-0.2, 0) is 10.2 Å². The topological polar surface area (TPSA) is 17.1 Å². The quantitative estimate of drug-likeness (QED) is 0.757. The third-order valence-electron chi connectivity index (χ3n) is 6.16. The van der Waals surface area contributed by atoms with Crippen LogP contribution in [0.2, 0.25) is 0 Å². The van der Waals surface area contributed by atoms with Crippen LogP contribution >= 0.6 is 11.6 Å². The van der Waals surface area contributed by atoms with Gasteiger partial charge in [-0.2, -0.15) is 0 Å². The number of hydrogen-bond acceptors (Lipinski definition) is 1. The van der Waals surface area contributed by atoms with Crippen molar-refractivity contribution in [3.05, 3.63) is 35.9 Å². The van der Waals surface area contributed by atoms with Crippen molar-refractivity contribution in [2.75, 3.05) is 5.88 Å². The van der Waals surface area contributed by atoms with E-state index in [2.05, 4.69) is 30.3 Å². The van der Waals surface area contributed by atoms with E-state index < -0.39 is 0 Å². The second-order valence-electron chi connectivity index (χ2n) is 7.44. The van der Waals surface area contributed by atoms with E-state index in [1.165, 1.54) is 24.8 Å². The summed E-state index contributed by atoms with van der Waals surface area (Å²) in [7, 11) is 0. The minimum Gasteiger partial charge on any atom is -0.298 e. The van der Waals surface area contributed by atoms with Crippen LogP contribution < -0.4 is 0 Å². The van der Waals surface area contributed by atoms with E-state index in [1.807, 2.05) is 0 Å². The Morgan fingerprint density at radius 3 is 2.35 bits per heavy atom. The monoisotopic (exact) mass is 288 g/mol. The molecule has 4 aliphatic rings. The Labute approximate surface area is 125 Å². The number of rotatable bonds is 3. The number of carbonyl (C=O) groups excluding carboxylic acids is 1. The van der Waals surface area contributed by atoms with Crippen LogP contribution in [0.15, 0.2) is 30.3 Å². The molecule has 0 spiro atoms. The SMILES string of the molecule is O=C(CCl)C12CC3CC(C1)CC(c1ccccc1)(C3)C2. The Bertz CT molecular complexity index is 522. The van der Waals surface area contributed by atoms with Gasteiger partial charge in [0.05, 0.1) is 5.88 Å². The average molecular weight is 289 g/mol. The summed E-state index contributed by atoms with van der Waals surface area (Å²) in [6.07, 6.45) is 7.15. The molecule has 0 aliphatic heterocycles. The van der Waals surface area contributed by atoms with Gasteiger partial charge in [0.1, 0.15) is 0 Å². The van der Waals surface area contributed by atoms with Gasteiger partial charge in [0, 0.05) is 5.41 Å². The maximum atomic E-state index is 12.5. The number of carbonyl (C=O) groups is 1. The Morgan fingerprint density at radius 2 is 1.75 bits per heavy atom. The van der Waals surface area contributed by atoms with Crippen molar-refractivity contribution >= 4 is 17.4 Å². The highest BCUT2D eigenvalue weighted by Crippen LogP contribution is 2.65. The Morgan fingerprint density at radius 1 is 1.10 bits per heavy atom. The minimum absolute atomic E-state index is 0.0956. The molecular weight excluding hydrogens is 268 g/mol. The molecule has 1 nitrogen and oxygen atoms in total. The van der Waals surface area contributed by atoms with E-state index in [0.717, 1.165) is 31.1 Å². The molecular formula is C18H21ClO. The molecule has 2 atom stereocenters. The summed E-state index contributed by atoms with van der Waals surface area (Å²) in [6.45, 7) is 0. The van der Waals surface area contributed by atoms with Gasteiger partial charge >= 0.3 is 0 Å². The highest BCUT2D eigenvalue weighted by molar-refractivity contribution is 6.28. The lowest BCUT2D eigenvalue weighted by atomic mass is 9.42. The lowest BCUT2D eigenvalue weighted by Crippen LogP contribution is -2.57. The first-order valence-corrected chi connectivity index (χ1v) is 8.34. The van der Waals surface area contributed by atoms with Gasteiger partial charge in [-0.25, -0.2) is 0 Å². The van der Waals surface area contributed by atoms with Crippen LogP contribution in [0.25, 0.3) is 0 Å². The smallest absolute Gasteiger partial charge is 0.153 e. The molecule has 2 heteroatoms. The molecule has 0 heterocycles. The zero-order chi connectivity index (χ0) is 13.8. The molecule has 4 bridgehead atoms. The second kappa shape index (κ2) is 4.34. The fourth-order valence-corrected chi connectivity index (χ4v) is 6.14. The summed E-state index contributed by atoms with van der Waals surface area (Å²) in [6, 6.07) is 10.9. The van der Waals surface area contributed by atoms with Gasteiger partial charge in [0.15, 0.2) is 5.78 Å². The molecule has 106 valence electrons. The van der Waals surface area contributed by atoms with Gasteiger partial charge in [0.2, 0.25) is 0 Å². The van der Waals surface area contributed by atoms with Crippen LogP contribution in [0.5, 0.6) is 0 Å². The summed E-state index contributed by atoms with van der Waals surface area (Å²) < 4.78 is 0. The Balaban J connectivity index is 1.78. The first-order valence-electron chi connectivity index (χ1n) is 7.81. The van der Waals surface area contributed by atoms with E-state index >= 15 is 0 Å². The number of benzene rings is 1. The van der Waals surface area contributed by atoms with Crippen molar-refractivity contribution in [3.63, 3.8) is 0 Å². The summed E-state index contributed by atoms with van der Waals surface area (Å²) in [5.74, 6) is 1.99. The molecule has 4 saturated carbocycles. The molecule has 1 aromatic rings. The number of ketones is 1. The van der Waals surface area contributed by atoms with E-state index in [9.17, 15) is 4.79 Å². The molecule has 20 heavy (non-hydrogen) atoms. The lowest BCUT2D eigenvalue weighted by Gasteiger charge is -2.61. The third kappa shape index (κ3) is 1.72. The van der Waals surface area contributed by atoms with E-state index in [0.29, 0.717) is 5.78 Å². The normalized spacial score (nSPS) is 41.9. The first-order chi connectivity index (χ1) is 9.66. The molecule has 5 rings (SSSR count). The van der Waals surface area contributed by atoms with Gasteiger partial charge in [-0.3, -0.25) is 4.79 Å². The molecule has 0 amide bonds. The highest BCUT2D eigenvalue weighted by Gasteiger charge is 2.60. The molecule has 2 unspecified atom stereocenters. The van der Waals surface area contributed by atoms with Gasteiger partial charge in [0.25, 0.3) is 0 Å². The average Bonchev–Trinajstić information content (AvgIpc) is 2.46. The van der Waals surface area contributed by atoms with Crippen molar-refractivity contribution in [1.82, 2.24) is 0 Å². The van der Waals surface area contributed by atoms with Gasteiger partial charge in [-0.15, -0.1) is 11.6 Å². The Hall–Kier alpha value is -0.820. The Kier molecular flexibility index (Phi) is 2.79. The van der Waals surface area contributed by atoms with Crippen LogP contribution in [0.1, 0.15) is 44.1 Å². The van der Waals surface area contributed by atoms with E-state index in [-0.39, 0.29) is 16.7 Å². The van der Waals surface area contributed by atoms with Crippen LogP contribution in [-0.4, -0.2) is 11.7 Å². The summed E-state index contributed by atoms with van der Waals surface area (Å²) in [5, 5.41) is 0. The largest absolute Gasteiger partial charge is 0.298 e. The van der Waals surface area contributed by atoms with Crippen molar-refractivity contribution in [1.29, 1.82) is 0 Å². The zero-order valence-electron chi connectivity index (χ0n) is 11.8. The molecule has 0 saturated heterocycles. The van der Waals surface area contributed by atoms with E-state index in [1.54, 1.807) is 0 Å². The highest BCUT2D eigenvalue weighted by atomic mass is 35.5.